The summed E-state index contributed by atoms with van der Waals surface area (Å²) in [5.41, 5.74) is 3.01. The number of nitrogens with zero attached hydrogens (tertiary/aromatic N) is 1. The van der Waals surface area contributed by atoms with E-state index in [0.717, 1.165) is 21.3 Å². The van der Waals surface area contributed by atoms with Crippen molar-refractivity contribution < 1.29 is 29.0 Å². The van der Waals surface area contributed by atoms with Crippen LogP contribution in [-0.2, 0) is 14.3 Å². The number of benzene rings is 2. The Morgan fingerprint density at radius 3 is 2.48 bits per heavy atom. The van der Waals surface area contributed by atoms with Crippen LogP contribution < -0.4 is 16.0 Å². The SMILES string of the molecule is Cc1ccccc1Nc1ncc(C(=O)NCCOCCOCCC(=O)O)cc1NC(=O)c1csc2ccccc12. The van der Waals surface area contributed by atoms with Crippen molar-refractivity contribution in [2.24, 2.45) is 0 Å². The van der Waals surface area contributed by atoms with Crippen molar-refractivity contribution in [3.05, 3.63) is 82.9 Å². The van der Waals surface area contributed by atoms with Crippen molar-refractivity contribution >= 4 is 56.4 Å². The zero-order valence-corrected chi connectivity index (χ0v) is 22.8. The normalized spacial score (nSPS) is 10.8. The molecular formula is C29H30N4O6S. The molecule has 0 fully saturated rings. The highest BCUT2D eigenvalue weighted by atomic mass is 32.1. The van der Waals surface area contributed by atoms with Gasteiger partial charge in [0, 0.05) is 33.9 Å². The molecule has 11 heteroatoms. The molecule has 4 rings (SSSR count). The summed E-state index contributed by atoms with van der Waals surface area (Å²) in [5, 5.41) is 20.2. The molecule has 0 aliphatic rings. The van der Waals surface area contributed by atoms with Crippen LogP contribution in [0, 0.1) is 6.92 Å². The van der Waals surface area contributed by atoms with Gasteiger partial charge in [-0.1, -0.05) is 36.4 Å². The van der Waals surface area contributed by atoms with Gasteiger partial charge in [-0.25, -0.2) is 4.98 Å². The van der Waals surface area contributed by atoms with Gasteiger partial charge >= 0.3 is 5.97 Å². The third-order valence-corrected chi connectivity index (χ3v) is 6.85. The third kappa shape index (κ3) is 7.85. The number of para-hydroxylation sites is 1. The first-order chi connectivity index (χ1) is 19.4. The van der Waals surface area contributed by atoms with E-state index in [-0.39, 0.29) is 56.8 Å². The maximum absolute atomic E-state index is 13.3. The van der Waals surface area contributed by atoms with E-state index in [0.29, 0.717) is 17.1 Å². The Morgan fingerprint density at radius 2 is 1.68 bits per heavy atom. The summed E-state index contributed by atoms with van der Waals surface area (Å²) < 4.78 is 11.6. The second-order valence-corrected chi connectivity index (χ2v) is 9.70. The number of carbonyl (C=O) groups excluding carboxylic acids is 2. The summed E-state index contributed by atoms with van der Waals surface area (Å²) in [5.74, 6) is -1.18. The number of carbonyl (C=O) groups is 3. The number of aryl methyl sites for hydroxylation is 1. The molecule has 0 unspecified atom stereocenters. The van der Waals surface area contributed by atoms with Gasteiger partial charge in [0.05, 0.1) is 49.7 Å². The first-order valence-corrected chi connectivity index (χ1v) is 13.6. The number of aliphatic carboxylic acids is 1. The number of aromatic nitrogens is 1. The molecule has 2 amide bonds. The van der Waals surface area contributed by atoms with Crippen LogP contribution in [0.3, 0.4) is 0 Å². The number of fused-ring (bicyclic) bond motifs is 1. The van der Waals surface area contributed by atoms with Crippen molar-refractivity contribution in [1.29, 1.82) is 0 Å². The maximum Gasteiger partial charge on any atom is 0.305 e. The van der Waals surface area contributed by atoms with E-state index in [1.165, 1.54) is 17.5 Å². The number of nitrogens with one attached hydrogen (secondary N) is 3. The Bertz CT molecular complexity index is 1490. The van der Waals surface area contributed by atoms with Crippen LogP contribution in [0.25, 0.3) is 10.1 Å². The van der Waals surface area contributed by atoms with E-state index in [9.17, 15) is 14.4 Å². The number of thiophene rings is 1. The van der Waals surface area contributed by atoms with Crippen LogP contribution in [0.4, 0.5) is 17.2 Å². The number of hydrogen-bond donors (Lipinski definition) is 4. The molecule has 0 aliphatic carbocycles. The van der Waals surface area contributed by atoms with Crippen LogP contribution in [0.5, 0.6) is 0 Å². The van der Waals surface area contributed by atoms with E-state index in [1.807, 2.05) is 60.8 Å². The molecule has 10 nitrogen and oxygen atoms in total. The lowest BCUT2D eigenvalue weighted by atomic mass is 10.1. The molecule has 0 spiro atoms. The summed E-state index contributed by atoms with van der Waals surface area (Å²) in [7, 11) is 0. The lowest BCUT2D eigenvalue weighted by Gasteiger charge is -2.15. The van der Waals surface area contributed by atoms with Gasteiger partial charge in [-0.2, -0.15) is 0 Å². The van der Waals surface area contributed by atoms with E-state index in [2.05, 4.69) is 20.9 Å². The van der Waals surface area contributed by atoms with Crippen LogP contribution in [0.1, 0.15) is 32.7 Å². The number of ether oxygens (including phenoxy) is 2. The molecule has 4 N–H and O–H groups in total. The van der Waals surface area contributed by atoms with Crippen LogP contribution in [0.15, 0.2) is 66.2 Å². The number of anilines is 3. The zero-order valence-electron chi connectivity index (χ0n) is 21.9. The number of rotatable bonds is 14. The molecule has 0 saturated heterocycles. The number of amides is 2. The predicted octanol–water partition coefficient (Wildman–Crippen LogP) is 4.84. The molecule has 4 aromatic rings. The highest BCUT2D eigenvalue weighted by Gasteiger charge is 2.17. The standard InChI is InChI=1S/C29H30N4O6S/c1-19-6-2-4-8-23(19)32-27-24(33-29(37)22-18-40-25-9-5-3-7-21(22)25)16-20(17-31-27)28(36)30-11-13-39-15-14-38-12-10-26(34)35/h2-9,16-18H,10-15H2,1H3,(H,30,36)(H,31,32)(H,33,37)(H,34,35). The van der Waals surface area contributed by atoms with Gasteiger partial charge in [-0.15, -0.1) is 11.3 Å². The summed E-state index contributed by atoms with van der Waals surface area (Å²) in [6.07, 6.45) is 1.39. The molecule has 0 saturated carbocycles. The average Bonchev–Trinajstić information content (AvgIpc) is 3.38. The summed E-state index contributed by atoms with van der Waals surface area (Å²) in [6, 6.07) is 17.0. The Kier molecular flexibility index (Phi) is 10.2. The minimum Gasteiger partial charge on any atom is -0.481 e. The average molecular weight is 563 g/mol. The van der Waals surface area contributed by atoms with Crippen LogP contribution in [0.2, 0.25) is 0 Å². The lowest BCUT2D eigenvalue weighted by molar-refractivity contribution is -0.138. The minimum absolute atomic E-state index is 0.0599. The van der Waals surface area contributed by atoms with Gasteiger partial charge in [0.25, 0.3) is 11.8 Å². The topological polar surface area (TPSA) is 139 Å². The third-order valence-electron chi connectivity index (χ3n) is 5.89. The van der Waals surface area contributed by atoms with Crippen molar-refractivity contribution in [1.82, 2.24) is 10.3 Å². The molecule has 0 radical (unpaired) electrons. The number of hydrogen-bond acceptors (Lipinski definition) is 8. The monoisotopic (exact) mass is 562 g/mol. The smallest absolute Gasteiger partial charge is 0.305 e. The summed E-state index contributed by atoms with van der Waals surface area (Å²) in [6.45, 7) is 3.14. The van der Waals surface area contributed by atoms with E-state index in [4.69, 9.17) is 14.6 Å². The fraction of sp³-hybridized carbons (Fsp3) is 0.241. The molecule has 2 aromatic carbocycles. The summed E-state index contributed by atoms with van der Waals surface area (Å²) >= 11 is 1.49. The summed E-state index contributed by atoms with van der Waals surface area (Å²) in [4.78, 5) is 41.0. The van der Waals surface area contributed by atoms with Crippen LogP contribution >= 0.6 is 11.3 Å². The van der Waals surface area contributed by atoms with E-state index >= 15 is 0 Å². The highest BCUT2D eigenvalue weighted by Crippen LogP contribution is 2.29. The zero-order chi connectivity index (χ0) is 28.3. The molecule has 0 bridgehead atoms. The molecule has 40 heavy (non-hydrogen) atoms. The number of carboxylic acid groups (broad SMARTS) is 1. The fourth-order valence-electron chi connectivity index (χ4n) is 3.79. The van der Waals surface area contributed by atoms with Crippen molar-refractivity contribution in [3.8, 4) is 0 Å². The number of carboxylic acids is 1. The van der Waals surface area contributed by atoms with E-state index in [1.54, 1.807) is 6.07 Å². The Hall–Kier alpha value is -4.32. The highest BCUT2D eigenvalue weighted by molar-refractivity contribution is 7.17. The van der Waals surface area contributed by atoms with Gasteiger partial charge in [0.1, 0.15) is 0 Å². The van der Waals surface area contributed by atoms with Gasteiger partial charge in [0.15, 0.2) is 5.82 Å². The fourth-order valence-corrected chi connectivity index (χ4v) is 4.73. The molecule has 0 aliphatic heterocycles. The maximum atomic E-state index is 13.3. The van der Waals surface area contributed by atoms with Crippen molar-refractivity contribution in [3.63, 3.8) is 0 Å². The quantitative estimate of drug-likeness (QED) is 0.160. The van der Waals surface area contributed by atoms with Gasteiger partial charge in [-0.05, 0) is 30.7 Å². The van der Waals surface area contributed by atoms with Crippen LogP contribution in [-0.4, -0.2) is 60.8 Å². The van der Waals surface area contributed by atoms with Gasteiger partial charge in [-0.3, -0.25) is 14.4 Å². The number of pyridine rings is 1. The first-order valence-electron chi connectivity index (χ1n) is 12.7. The second kappa shape index (κ2) is 14.2. The van der Waals surface area contributed by atoms with E-state index < -0.39 is 5.97 Å². The molecule has 208 valence electrons. The Balaban J connectivity index is 1.42. The Morgan fingerprint density at radius 1 is 0.925 bits per heavy atom. The minimum atomic E-state index is -0.917. The predicted molar refractivity (Wildman–Crippen MR) is 155 cm³/mol. The molecule has 2 aromatic heterocycles. The molecule has 2 heterocycles. The van der Waals surface area contributed by atoms with Crippen molar-refractivity contribution in [2.45, 2.75) is 13.3 Å². The lowest BCUT2D eigenvalue weighted by Crippen LogP contribution is -2.28. The van der Waals surface area contributed by atoms with Crippen molar-refractivity contribution in [2.75, 3.05) is 43.6 Å². The first kappa shape index (κ1) is 28.7. The molecular weight excluding hydrogens is 532 g/mol. The van der Waals surface area contributed by atoms with Gasteiger partial charge < -0.3 is 30.5 Å². The second-order valence-electron chi connectivity index (χ2n) is 8.78. The van der Waals surface area contributed by atoms with Gasteiger partial charge in [0.2, 0.25) is 0 Å². The largest absolute Gasteiger partial charge is 0.481 e. The molecule has 0 atom stereocenters. The Labute approximate surface area is 235 Å².